The molecule has 0 aliphatic rings. The van der Waals surface area contributed by atoms with Gasteiger partial charge in [-0.2, -0.15) is 0 Å². The Morgan fingerprint density at radius 1 is 1.38 bits per heavy atom. The Labute approximate surface area is 97.3 Å². The molecule has 0 radical (unpaired) electrons. The number of ether oxygens (including phenoxy) is 2. The van der Waals surface area contributed by atoms with Crippen molar-refractivity contribution in [2.45, 2.75) is 32.4 Å². The van der Waals surface area contributed by atoms with E-state index in [2.05, 4.69) is 0 Å². The van der Waals surface area contributed by atoms with Crippen molar-refractivity contribution >= 4 is 5.97 Å². The largest absolute Gasteiger partial charge is 0.480 e. The minimum Gasteiger partial charge on any atom is -0.480 e. The van der Waals surface area contributed by atoms with Gasteiger partial charge in [0.15, 0.2) is 0 Å². The smallest absolute Gasteiger partial charge is 0.323 e. The van der Waals surface area contributed by atoms with Crippen LogP contribution in [0.2, 0.25) is 0 Å². The van der Waals surface area contributed by atoms with Gasteiger partial charge in [-0.1, -0.05) is 0 Å². The number of hydrogen-bond acceptors (Lipinski definition) is 4. The molecule has 0 aromatic rings. The van der Waals surface area contributed by atoms with E-state index < -0.39 is 11.5 Å². The third kappa shape index (κ3) is 4.08. The van der Waals surface area contributed by atoms with Gasteiger partial charge < -0.3 is 14.6 Å². The Hall–Kier alpha value is -0.650. The fourth-order valence-electron chi connectivity index (χ4n) is 1.69. The Morgan fingerprint density at radius 2 is 1.94 bits per heavy atom. The molecular formula is C11H23NO4. The molecule has 1 atom stereocenters. The maximum atomic E-state index is 11.2. The summed E-state index contributed by atoms with van der Waals surface area (Å²) in [5.74, 6) is -0.841. The molecule has 0 aliphatic heterocycles. The van der Waals surface area contributed by atoms with Crippen LogP contribution in [-0.4, -0.2) is 61.5 Å². The predicted molar refractivity (Wildman–Crippen MR) is 61.6 cm³/mol. The zero-order valence-electron chi connectivity index (χ0n) is 10.8. The standard InChI is InChI=1S/C11H23NO4/c1-9(8-16-5)12(6-7-15-4)11(2,3)10(13)14/h9H,6-8H2,1-5H3,(H,13,14). The van der Waals surface area contributed by atoms with Crippen LogP contribution >= 0.6 is 0 Å². The van der Waals surface area contributed by atoms with Crippen LogP contribution in [0.15, 0.2) is 0 Å². The van der Waals surface area contributed by atoms with E-state index in [1.165, 1.54) is 0 Å². The maximum Gasteiger partial charge on any atom is 0.323 e. The SMILES string of the molecule is COCCN(C(C)COC)C(C)(C)C(=O)O. The van der Waals surface area contributed by atoms with Crippen LogP contribution in [0.5, 0.6) is 0 Å². The van der Waals surface area contributed by atoms with E-state index >= 15 is 0 Å². The molecule has 0 spiro atoms. The number of rotatable bonds is 8. The van der Waals surface area contributed by atoms with E-state index in [9.17, 15) is 9.90 Å². The summed E-state index contributed by atoms with van der Waals surface area (Å²) in [6.07, 6.45) is 0. The predicted octanol–water partition coefficient (Wildman–Crippen LogP) is 0.833. The molecule has 0 aromatic carbocycles. The van der Waals surface area contributed by atoms with E-state index in [4.69, 9.17) is 9.47 Å². The number of nitrogens with zero attached hydrogens (tertiary/aromatic N) is 1. The average Bonchev–Trinajstić information content (AvgIpc) is 2.18. The number of carboxylic acids is 1. The Morgan fingerprint density at radius 3 is 2.31 bits per heavy atom. The average molecular weight is 233 g/mol. The summed E-state index contributed by atoms with van der Waals surface area (Å²) < 4.78 is 10.1. The first-order chi connectivity index (χ1) is 7.37. The zero-order chi connectivity index (χ0) is 12.8. The molecule has 5 heteroatoms. The third-order valence-electron chi connectivity index (χ3n) is 2.72. The van der Waals surface area contributed by atoms with Gasteiger partial charge in [-0.15, -0.1) is 0 Å². The van der Waals surface area contributed by atoms with Crippen LogP contribution in [0.4, 0.5) is 0 Å². The summed E-state index contributed by atoms with van der Waals surface area (Å²) in [5, 5.41) is 9.20. The Bertz CT molecular complexity index is 218. The summed E-state index contributed by atoms with van der Waals surface area (Å²) in [4.78, 5) is 13.1. The molecule has 0 amide bonds. The second-order valence-corrected chi connectivity index (χ2v) is 4.35. The van der Waals surface area contributed by atoms with Gasteiger partial charge in [0.2, 0.25) is 0 Å². The summed E-state index contributed by atoms with van der Waals surface area (Å²) in [6, 6.07) is 0.0336. The Balaban J connectivity index is 4.70. The van der Waals surface area contributed by atoms with Gasteiger partial charge in [0.05, 0.1) is 13.2 Å². The van der Waals surface area contributed by atoms with Crippen LogP contribution < -0.4 is 0 Å². The van der Waals surface area contributed by atoms with Crippen molar-refractivity contribution < 1.29 is 19.4 Å². The highest BCUT2D eigenvalue weighted by Gasteiger charge is 2.36. The molecule has 0 rings (SSSR count). The molecule has 1 unspecified atom stereocenters. The molecule has 0 bridgehead atoms. The van der Waals surface area contributed by atoms with Gasteiger partial charge in [-0.3, -0.25) is 9.69 Å². The lowest BCUT2D eigenvalue weighted by Gasteiger charge is -2.39. The van der Waals surface area contributed by atoms with E-state index in [1.54, 1.807) is 28.1 Å². The highest BCUT2D eigenvalue weighted by molar-refractivity contribution is 5.77. The molecule has 1 N–H and O–H groups in total. The van der Waals surface area contributed by atoms with Crippen molar-refractivity contribution in [2.24, 2.45) is 0 Å². The molecule has 0 saturated carbocycles. The summed E-state index contributed by atoms with van der Waals surface area (Å²) in [7, 11) is 3.21. The van der Waals surface area contributed by atoms with Gasteiger partial charge in [0, 0.05) is 26.8 Å². The number of methoxy groups -OCH3 is 2. The van der Waals surface area contributed by atoms with Crippen molar-refractivity contribution in [2.75, 3.05) is 34.0 Å². The van der Waals surface area contributed by atoms with Crippen molar-refractivity contribution in [3.8, 4) is 0 Å². The molecule has 16 heavy (non-hydrogen) atoms. The van der Waals surface area contributed by atoms with Gasteiger partial charge in [0.1, 0.15) is 5.54 Å². The van der Waals surface area contributed by atoms with Crippen LogP contribution in [-0.2, 0) is 14.3 Å². The van der Waals surface area contributed by atoms with Crippen molar-refractivity contribution in [3.05, 3.63) is 0 Å². The Kier molecular flexibility index (Phi) is 6.55. The lowest BCUT2D eigenvalue weighted by molar-refractivity contribution is -0.152. The van der Waals surface area contributed by atoms with Gasteiger partial charge in [-0.25, -0.2) is 0 Å². The van der Waals surface area contributed by atoms with Crippen molar-refractivity contribution in [3.63, 3.8) is 0 Å². The molecule has 5 nitrogen and oxygen atoms in total. The molecule has 0 saturated heterocycles. The number of carbonyl (C=O) groups is 1. The quantitative estimate of drug-likeness (QED) is 0.673. The molecular weight excluding hydrogens is 210 g/mol. The highest BCUT2D eigenvalue weighted by Crippen LogP contribution is 2.18. The fraction of sp³-hybridized carbons (Fsp3) is 0.909. The lowest BCUT2D eigenvalue weighted by atomic mass is 10.0. The normalized spacial score (nSPS) is 14.1. The van der Waals surface area contributed by atoms with Crippen molar-refractivity contribution in [1.29, 1.82) is 0 Å². The number of carboxylic acid groups (broad SMARTS) is 1. The monoisotopic (exact) mass is 233 g/mol. The van der Waals surface area contributed by atoms with Crippen LogP contribution in [0.25, 0.3) is 0 Å². The number of aliphatic carboxylic acids is 1. The van der Waals surface area contributed by atoms with Crippen LogP contribution in [0.1, 0.15) is 20.8 Å². The minimum atomic E-state index is -0.920. The summed E-state index contributed by atoms with van der Waals surface area (Å²) in [5.41, 5.74) is -0.920. The third-order valence-corrected chi connectivity index (χ3v) is 2.72. The molecule has 0 heterocycles. The first-order valence-corrected chi connectivity index (χ1v) is 5.36. The van der Waals surface area contributed by atoms with Gasteiger partial charge in [0.25, 0.3) is 0 Å². The van der Waals surface area contributed by atoms with Crippen molar-refractivity contribution in [1.82, 2.24) is 4.90 Å². The zero-order valence-corrected chi connectivity index (χ0v) is 10.8. The van der Waals surface area contributed by atoms with Crippen LogP contribution in [0, 0.1) is 0 Å². The second kappa shape index (κ2) is 6.83. The highest BCUT2D eigenvalue weighted by atomic mass is 16.5. The lowest BCUT2D eigenvalue weighted by Crippen LogP contribution is -2.56. The number of hydrogen-bond donors (Lipinski definition) is 1. The summed E-state index contributed by atoms with van der Waals surface area (Å²) >= 11 is 0. The summed E-state index contributed by atoms with van der Waals surface area (Å²) in [6.45, 7) is 6.91. The minimum absolute atomic E-state index is 0.0336. The first kappa shape index (κ1) is 15.3. The van der Waals surface area contributed by atoms with Gasteiger partial charge >= 0.3 is 5.97 Å². The second-order valence-electron chi connectivity index (χ2n) is 4.35. The fourth-order valence-corrected chi connectivity index (χ4v) is 1.69. The van der Waals surface area contributed by atoms with E-state index in [1.807, 2.05) is 11.8 Å². The first-order valence-electron chi connectivity index (χ1n) is 5.36. The maximum absolute atomic E-state index is 11.2. The van der Waals surface area contributed by atoms with Crippen LogP contribution in [0.3, 0.4) is 0 Å². The van der Waals surface area contributed by atoms with Gasteiger partial charge in [-0.05, 0) is 20.8 Å². The van der Waals surface area contributed by atoms with E-state index in [-0.39, 0.29) is 6.04 Å². The van der Waals surface area contributed by atoms with E-state index in [0.717, 1.165) is 0 Å². The molecule has 0 aromatic heterocycles. The topological polar surface area (TPSA) is 59.0 Å². The molecule has 0 aliphatic carbocycles. The molecule has 96 valence electrons. The van der Waals surface area contributed by atoms with E-state index in [0.29, 0.717) is 19.8 Å². The molecule has 0 fully saturated rings.